The summed E-state index contributed by atoms with van der Waals surface area (Å²) in [4.78, 5) is 0. The van der Waals surface area contributed by atoms with Gasteiger partial charge in [0.25, 0.3) is 0 Å². The van der Waals surface area contributed by atoms with Gasteiger partial charge in [-0.2, -0.15) is 0 Å². The summed E-state index contributed by atoms with van der Waals surface area (Å²) in [6.07, 6.45) is -0.198. The van der Waals surface area contributed by atoms with Crippen LogP contribution in [0.2, 0.25) is 0 Å². The van der Waals surface area contributed by atoms with Crippen molar-refractivity contribution < 1.29 is 14.6 Å². The van der Waals surface area contributed by atoms with Crippen LogP contribution in [0.1, 0.15) is 12.5 Å². The number of aliphatic hydroxyl groups is 1. The van der Waals surface area contributed by atoms with Crippen LogP contribution in [-0.4, -0.2) is 17.8 Å². The molecule has 0 heterocycles. The van der Waals surface area contributed by atoms with Crippen molar-refractivity contribution in [3.8, 4) is 11.5 Å². The van der Waals surface area contributed by atoms with E-state index in [0.29, 0.717) is 6.61 Å². The second-order valence-corrected chi connectivity index (χ2v) is 4.36. The van der Waals surface area contributed by atoms with Crippen LogP contribution in [0.3, 0.4) is 0 Å². The van der Waals surface area contributed by atoms with Gasteiger partial charge in [-0.15, -0.1) is 0 Å². The SMILES string of the molecule is CC(CO)Oc1ccc(OCc2ccccc2)cc1. The van der Waals surface area contributed by atoms with Gasteiger partial charge >= 0.3 is 0 Å². The van der Waals surface area contributed by atoms with Crippen molar-refractivity contribution in [3.05, 3.63) is 60.2 Å². The first kappa shape index (κ1) is 13.4. The molecule has 1 unspecified atom stereocenters. The van der Waals surface area contributed by atoms with E-state index in [-0.39, 0.29) is 12.7 Å². The number of ether oxygens (including phenoxy) is 2. The number of hydrogen-bond acceptors (Lipinski definition) is 3. The van der Waals surface area contributed by atoms with Gasteiger partial charge in [0.05, 0.1) is 6.61 Å². The Balaban J connectivity index is 1.88. The monoisotopic (exact) mass is 258 g/mol. The molecule has 3 heteroatoms. The fraction of sp³-hybridized carbons (Fsp3) is 0.250. The van der Waals surface area contributed by atoms with E-state index < -0.39 is 0 Å². The molecular formula is C16H18O3. The lowest BCUT2D eigenvalue weighted by molar-refractivity contribution is 0.129. The molecule has 0 aliphatic carbocycles. The molecule has 0 radical (unpaired) electrons. The molecule has 19 heavy (non-hydrogen) atoms. The average molecular weight is 258 g/mol. The molecule has 0 bridgehead atoms. The fourth-order valence-electron chi connectivity index (χ4n) is 1.62. The van der Waals surface area contributed by atoms with Crippen molar-refractivity contribution in [2.24, 2.45) is 0 Å². The molecule has 3 nitrogen and oxygen atoms in total. The smallest absolute Gasteiger partial charge is 0.120 e. The third kappa shape index (κ3) is 4.30. The van der Waals surface area contributed by atoms with E-state index in [1.165, 1.54) is 0 Å². The van der Waals surface area contributed by atoms with Gasteiger partial charge in [0.1, 0.15) is 24.2 Å². The molecule has 2 rings (SSSR count). The van der Waals surface area contributed by atoms with Gasteiger partial charge in [0.15, 0.2) is 0 Å². The summed E-state index contributed by atoms with van der Waals surface area (Å²) in [6, 6.07) is 17.4. The molecule has 0 aliphatic heterocycles. The molecule has 0 fully saturated rings. The normalized spacial score (nSPS) is 11.9. The van der Waals surface area contributed by atoms with Crippen LogP contribution < -0.4 is 9.47 Å². The number of benzene rings is 2. The summed E-state index contributed by atoms with van der Waals surface area (Å²) in [5.41, 5.74) is 1.14. The highest BCUT2D eigenvalue weighted by molar-refractivity contribution is 5.31. The molecule has 2 aromatic rings. The summed E-state index contributed by atoms with van der Waals surface area (Å²) >= 11 is 0. The van der Waals surface area contributed by atoms with Crippen molar-refractivity contribution in [3.63, 3.8) is 0 Å². The van der Waals surface area contributed by atoms with E-state index >= 15 is 0 Å². The summed E-state index contributed by atoms with van der Waals surface area (Å²) in [6.45, 7) is 2.38. The second kappa shape index (κ2) is 6.81. The Hall–Kier alpha value is -2.00. The molecule has 1 N–H and O–H groups in total. The number of rotatable bonds is 6. The molecular weight excluding hydrogens is 240 g/mol. The van der Waals surface area contributed by atoms with Crippen molar-refractivity contribution in [2.75, 3.05) is 6.61 Å². The lowest BCUT2D eigenvalue weighted by Gasteiger charge is -2.12. The summed E-state index contributed by atoms with van der Waals surface area (Å²) in [7, 11) is 0. The minimum absolute atomic E-state index is 0.00621. The van der Waals surface area contributed by atoms with Gasteiger partial charge in [0, 0.05) is 0 Å². The molecule has 2 aromatic carbocycles. The number of hydrogen-bond donors (Lipinski definition) is 1. The second-order valence-electron chi connectivity index (χ2n) is 4.36. The summed E-state index contributed by atoms with van der Waals surface area (Å²) < 4.78 is 11.1. The maximum atomic E-state index is 8.91. The van der Waals surface area contributed by atoms with Crippen molar-refractivity contribution in [1.82, 2.24) is 0 Å². The maximum Gasteiger partial charge on any atom is 0.120 e. The minimum atomic E-state index is -0.198. The van der Waals surface area contributed by atoms with E-state index in [9.17, 15) is 0 Å². The van der Waals surface area contributed by atoms with Crippen molar-refractivity contribution >= 4 is 0 Å². The van der Waals surface area contributed by atoms with Crippen LogP contribution in [0.25, 0.3) is 0 Å². The quantitative estimate of drug-likeness (QED) is 0.865. The van der Waals surface area contributed by atoms with Crippen LogP contribution in [0.4, 0.5) is 0 Å². The largest absolute Gasteiger partial charge is 0.489 e. The van der Waals surface area contributed by atoms with Crippen molar-refractivity contribution in [2.45, 2.75) is 19.6 Å². The lowest BCUT2D eigenvalue weighted by Crippen LogP contribution is -2.15. The zero-order valence-electron chi connectivity index (χ0n) is 11.0. The zero-order chi connectivity index (χ0) is 13.5. The summed E-state index contributed by atoms with van der Waals surface area (Å²) in [5.74, 6) is 1.53. The fourth-order valence-corrected chi connectivity index (χ4v) is 1.62. The van der Waals surface area contributed by atoms with E-state index in [1.807, 2.05) is 61.5 Å². The first-order valence-electron chi connectivity index (χ1n) is 6.32. The third-order valence-corrected chi connectivity index (χ3v) is 2.67. The van der Waals surface area contributed by atoms with Gasteiger partial charge in [-0.05, 0) is 36.8 Å². The first-order chi connectivity index (χ1) is 9.28. The Kier molecular flexibility index (Phi) is 4.81. The predicted octanol–water partition coefficient (Wildman–Crippen LogP) is 3.03. The molecule has 0 spiro atoms. The van der Waals surface area contributed by atoms with E-state index in [2.05, 4.69) is 0 Å². The highest BCUT2D eigenvalue weighted by Crippen LogP contribution is 2.19. The third-order valence-electron chi connectivity index (χ3n) is 2.67. The molecule has 0 aromatic heterocycles. The van der Waals surface area contributed by atoms with Crippen LogP contribution in [0.5, 0.6) is 11.5 Å². The van der Waals surface area contributed by atoms with Crippen LogP contribution in [-0.2, 0) is 6.61 Å². The van der Waals surface area contributed by atoms with Gasteiger partial charge in [0.2, 0.25) is 0 Å². The van der Waals surface area contributed by atoms with Gasteiger partial charge in [-0.1, -0.05) is 30.3 Å². The van der Waals surface area contributed by atoms with Crippen LogP contribution in [0, 0.1) is 0 Å². The number of aliphatic hydroxyl groups excluding tert-OH is 1. The average Bonchev–Trinajstić information content (AvgIpc) is 2.47. The Morgan fingerprint density at radius 1 is 0.947 bits per heavy atom. The van der Waals surface area contributed by atoms with Crippen molar-refractivity contribution in [1.29, 1.82) is 0 Å². The minimum Gasteiger partial charge on any atom is -0.489 e. The van der Waals surface area contributed by atoms with E-state index in [4.69, 9.17) is 14.6 Å². The van der Waals surface area contributed by atoms with E-state index in [0.717, 1.165) is 17.1 Å². The Labute approximate surface area is 113 Å². The molecule has 100 valence electrons. The first-order valence-corrected chi connectivity index (χ1v) is 6.32. The predicted molar refractivity (Wildman–Crippen MR) is 74.4 cm³/mol. The van der Waals surface area contributed by atoms with E-state index in [1.54, 1.807) is 0 Å². The highest BCUT2D eigenvalue weighted by Gasteiger charge is 2.02. The Morgan fingerprint density at radius 2 is 1.58 bits per heavy atom. The molecule has 0 amide bonds. The zero-order valence-corrected chi connectivity index (χ0v) is 11.0. The topological polar surface area (TPSA) is 38.7 Å². The lowest BCUT2D eigenvalue weighted by atomic mass is 10.2. The van der Waals surface area contributed by atoms with Gasteiger partial charge < -0.3 is 14.6 Å². The highest BCUT2D eigenvalue weighted by atomic mass is 16.5. The molecule has 0 saturated heterocycles. The molecule has 1 atom stereocenters. The summed E-state index contributed by atoms with van der Waals surface area (Å²) in [5, 5.41) is 8.91. The van der Waals surface area contributed by atoms with Crippen LogP contribution in [0.15, 0.2) is 54.6 Å². The standard InChI is InChI=1S/C16H18O3/c1-13(11-17)19-16-9-7-15(8-10-16)18-12-14-5-3-2-4-6-14/h2-10,13,17H,11-12H2,1H3. The Morgan fingerprint density at radius 3 is 2.21 bits per heavy atom. The molecule has 0 aliphatic rings. The van der Waals surface area contributed by atoms with Crippen LogP contribution >= 0.6 is 0 Å². The maximum absolute atomic E-state index is 8.91. The Bertz CT molecular complexity index is 479. The van der Waals surface area contributed by atoms with Gasteiger partial charge in [-0.3, -0.25) is 0 Å². The van der Waals surface area contributed by atoms with Gasteiger partial charge in [-0.25, -0.2) is 0 Å². The molecule has 0 saturated carbocycles.